The number of thioether (sulfide) groups is 2. The molecule has 2 unspecified atom stereocenters. The van der Waals surface area contributed by atoms with E-state index in [1.807, 2.05) is 35.8 Å². The van der Waals surface area contributed by atoms with Crippen LogP contribution in [0.4, 0.5) is 0 Å². The summed E-state index contributed by atoms with van der Waals surface area (Å²) in [4.78, 5) is 16.7. The first-order valence-electron chi connectivity index (χ1n) is 5.87. The second-order valence-corrected chi connectivity index (χ2v) is 7.77. The van der Waals surface area contributed by atoms with Gasteiger partial charge in [0.05, 0.1) is 22.4 Å². The van der Waals surface area contributed by atoms with Gasteiger partial charge in [-0.2, -0.15) is 11.8 Å². The average molecular weight is 287 g/mol. The van der Waals surface area contributed by atoms with E-state index < -0.39 is 0 Å². The number of carbonyl (C=O) groups is 1. The maximum Gasteiger partial charge on any atom is 0.152 e. The summed E-state index contributed by atoms with van der Waals surface area (Å²) in [6, 6.07) is 0. The van der Waals surface area contributed by atoms with Crippen LogP contribution in [0.1, 0.15) is 24.0 Å². The van der Waals surface area contributed by atoms with Gasteiger partial charge >= 0.3 is 0 Å². The number of aryl methyl sites for hydroxylation is 1. The Labute approximate surface area is 115 Å². The fourth-order valence-electron chi connectivity index (χ4n) is 1.97. The predicted molar refractivity (Wildman–Crippen MR) is 78.3 cm³/mol. The van der Waals surface area contributed by atoms with Gasteiger partial charge in [-0.3, -0.25) is 4.79 Å². The van der Waals surface area contributed by atoms with Gasteiger partial charge in [-0.05, 0) is 13.3 Å². The molecule has 2 nitrogen and oxygen atoms in total. The van der Waals surface area contributed by atoms with Crippen molar-refractivity contribution in [3.05, 3.63) is 16.1 Å². The zero-order valence-corrected chi connectivity index (χ0v) is 12.6. The molecule has 1 aromatic rings. The number of thiazole rings is 1. The molecule has 2 atom stereocenters. The quantitative estimate of drug-likeness (QED) is 0.851. The van der Waals surface area contributed by atoms with Crippen LogP contribution < -0.4 is 0 Å². The highest BCUT2D eigenvalue weighted by Crippen LogP contribution is 2.34. The zero-order valence-electron chi connectivity index (χ0n) is 10.1. The Morgan fingerprint density at radius 1 is 1.47 bits per heavy atom. The summed E-state index contributed by atoms with van der Waals surface area (Å²) in [6.07, 6.45) is 1.60. The van der Waals surface area contributed by atoms with Crippen LogP contribution in [0.15, 0.2) is 5.38 Å². The molecule has 0 radical (unpaired) electrons. The van der Waals surface area contributed by atoms with Gasteiger partial charge < -0.3 is 0 Å². The zero-order chi connectivity index (χ0) is 12.3. The molecule has 0 N–H and O–H groups in total. The lowest BCUT2D eigenvalue weighted by molar-refractivity contribution is -0.118. The van der Waals surface area contributed by atoms with Crippen molar-refractivity contribution in [3.63, 3.8) is 0 Å². The second-order valence-electron chi connectivity index (χ2n) is 4.11. The van der Waals surface area contributed by atoms with Crippen molar-refractivity contribution in [1.82, 2.24) is 4.98 Å². The summed E-state index contributed by atoms with van der Waals surface area (Å²) in [5.41, 5.74) is 0.948. The number of rotatable bonds is 4. The van der Waals surface area contributed by atoms with E-state index in [0.717, 1.165) is 22.9 Å². The molecule has 0 amide bonds. The summed E-state index contributed by atoms with van der Waals surface area (Å²) in [6.45, 7) is 4.16. The van der Waals surface area contributed by atoms with Crippen molar-refractivity contribution in [2.75, 3.05) is 11.5 Å². The third-order valence-corrected chi connectivity index (χ3v) is 6.91. The smallest absolute Gasteiger partial charge is 0.152 e. The highest BCUT2D eigenvalue weighted by atomic mass is 32.2. The third-order valence-electron chi connectivity index (χ3n) is 2.79. The maximum absolute atomic E-state index is 12.3. The highest BCUT2D eigenvalue weighted by molar-refractivity contribution is 8.07. The fraction of sp³-hybridized carbons (Fsp3) is 0.667. The van der Waals surface area contributed by atoms with Gasteiger partial charge in [0.25, 0.3) is 0 Å². The van der Waals surface area contributed by atoms with Crippen LogP contribution in [-0.4, -0.2) is 32.8 Å². The number of Topliss-reactive ketones (excluding diaryl/α,β-unsaturated/α-hetero) is 1. The molecule has 94 valence electrons. The Hall–Kier alpha value is -0.0000000000000000555. The largest absolute Gasteiger partial charge is 0.298 e. The topological polar surface area (TPSA) is 30.0 Å². The van der Waals surface area contributed by atoms with Gasteiger partial charge in [-0.1, -0.05) is 6.92 Å². The van der Waals surface area contributed by atoms with E-state index in [0.29, 0.717) is 17.5 Å². The number of aromatic nitrogens is 1. The SMILES string of the molecule is CCC1SCCSC1C(=O)Cc1csc(C)n1. The first-order valence-corrected chi connectivity index (χ1v) is 8.85. The molecule has 1 aromatic heterocycles. The third kappa shape index (κ3) is 3.48. The summed E-state index contributed by atoms with van der Waals surface area (Å²) in [5, 5.41) is 3.74. The van der Waals surface area contributed by atoms with Gasteiger partial charge in [0.2, 0.25) is 0 Å². The average Bonchev–Trinajstić information content (AvgIpc) is 2.74. The standard InChI is InChI=1S/C12H17NOS3/c1-3-11-12(16-5-4-15-11)10(14)6-9-7-17-8(2)13-9/h7,11-12H,3-6H2,1-2H3. The summed E-state index contributed by atoms with van der Waals surface area (Å²) >= 11 is 5.42. The molecule has 1 aliphatic rings. The summed E-state index contributed by atoms with van der Waals surface area (Å²) < 4.78 is 0. The van der Waals surface area contributed by atoms with Crippen molar-refractivity contribution in [2.24, 2.45) is 0 Å². The van der Waals surface area contributed by atoms with Gasteiger partial charge in [0.15, 0.2) is 5.78 Å². The van der Waals surface area contributed by atoms with Crippen LogP contribution in [0, 0.1) is 6.92 Å². The lowest BCUT2D eigenvalue weighted by Crippen LogP contribution is -2.33. The van der Waals surface area contributed by atoms with E-state index >= 15 is 0 Å². The molecule has 0 aliphatic carbocycles. The molecule has 1 aliphatic heterocycles. The molecular weight excluding hydrogens is 270 g/mol. The van der Waals surface area contributed by atoms with E-state index in [9.17, 15) is 4.79 Å². The number of hydrogen-bond acceptors (Lipinski definition) is 5. The minimum absolute atomic E-state index is 0.181. The van der Waals surface area contributed by atoms with Gasteiger partial charge in [-0.25, -0.2) is 4.98 Å². The van der Waals surface area contributed by atoms with Gasteiger partial charge in [0.1, 0.15) is 0 Å². The minimum atomic E-state index is 0.181. The van der Waals surface area contributed by atoms with Crippen molar-refractivity contribution in [1.29, 1.82) is 0 Å². The fourth-order valence-corrected chi connectivity index (χ4v) is 5.62. The van der Waals surface area contributed by atoms with Crippen LogP contribution >= 0.6 is 34.9 Å². The number of nitrogens with zero attached hydrogens (tertiary/aromatic N) is 1. The van der Waals surface area contributed by atoms with Gasteiger partial charge in [-0.15, -0.1) is 23.1 Å². The summed E-state index contributed by atoms with van der Waals surface area (Å²) in [5.74, 6) is 2.65. The molecule has 2 heterocycles. The Morgan fingerprint density at radius 3 is 2.88 bits per heavy atom. The Bertz CT molecular complexity index is 391. The van der Waals surface area contributed by atoms with Crippen LogP contribution in [-0.2, 0) is 11.2 Å². The van der Waals surface area contributed by atoms with Crippen LogP contribution in [0.3, 0.4) is 0 Å². The molecule has 0 aromatic carbocycles. The minimum Gasteiger partial charge on any atom is -0.298 e. The molecule has 1 fully saturated rings. The summed E-state index contributed by atoms with van der Waals surface area (Å²) in [7, 11) is 0. The first kappa shape index (κ1) is 13.4. The molecule has 0 bridgehead atoms. The molecule has 0 saturated carbocycles. The van der Waals surface area contributed by atoms with Crippen molar-refractivity contribution in [3.8, 4) is 0 Å². The predicted octanol–water partition coefficient (Wildman–Crippen LogP) is 3.19. The van der Waals surface area contributed by atoms with Crippen LogP contribution in [0.25, 0.3) is 0 Å². The Balaban J connectivity index is 1.98. The van der Waals surface area contributed by atoms with E-state index in [4.69, 9.17) is 0 Å². The van der Waals surface area contributed by atoms with Crippen molar-refractivity contribution >= 4 is 40.6 Å². The molecule has 17 heavy (non-hydrogen) atoms. The number of ketones is 1. The molecule has 0 spiro atoms. The molecule has 2 rings (SSSR count). The molecule has 5 heteroatoms. The van der Waals surface area contributed by atoms with E-state index in [1.165, 1.54) is 5.75 Å². The normalized spacial score (nSPS) is 24.8. The van der Waals surface area contributed by atoms with Crippen molar-refractivity contribution in [2.45, 2.75) is 37.2 Å². The molecule has 1 saturated heterocycles. The molecular formula is C12H17NOS3. The number of hydrogen-bond donors (Lipinski definition) is 0. The van der Waals surface area contributed by atoms with E-state index in [-0.39, 0.29) is 5.25 Å². The van der Waals surface area contributed by atoms with Crippen molar-refractivity contribution < 1.29 is 4.79 Å². The van der Waals surface area contributed by atoms with Crippen LogP contribution in [0.2, 0.25) is 0 Å². The van der Waals surface area contributed by atoms with E-state index in [1.54, 1.807) is 11.3 Å². The number of carbonyl (C=O) groups excluding carboxylic acids is 1. The monoisotopic (exact) mass is 287 g/mol. The first-order chi connectivity index (χ1) is 8.20. The lowest BCUT2D eigenvalue weighted by atomic mass is 10.1. The Morgan fingerprint density at radius 2 is 2.24 bits per heavy atom. The van der Waals surface area contributed by atoms with E-state index in [2.05, 4.69) is 11.9 Å². The van der Waals surface area contributed by atoms with Gasteiger partial charge in [0, 0.05) is 22.1 Å². The highest BCUT2D eigenvalue weighted by Gasteiger charge is 2.30. The van der Waals surface area contributed by atoms with Crippen LogP contribution in [0.5, 0.6) is 0 Å². The second kappa shape index (κ2) is 6.25. The Kier molecular flexibility index (Phi) is 4.94. The maximum atomic E-state index is 12.3. The lowest BCUT2D eigenvalue weighted by Gasteiger charge is -2.28.